The average molecular weight is 278 g/mol. The molecule has 7 heteroatoms. The Hall–Kier alpha value is -1.76. The molecule has 2 aromatic rings. The van der Waals surface area contributed by atoms with Crippen molar-refractivity contribution in [2.75, 3.05) is 0 Å². The third kappa shape index (κ3) is 3.86. The number of aromatic nitrogens is 5. The Morgan fingerprint density at radius 1 is 1.40 bits per heavy atom. The fourth-order valence-electron chi connectivity index (χ4n) is 1.96. The minimum atomic E-state index is -0.0621. The van der Waals surface area contributed by atoms with Gasteiger partial charge < -0.3 is 10.3 Å². The number of nitrogens with two attached hydrogens (primary N) is 1. The Balaban J connectivity index is 1.98. The molecular formula is C13H22N6O. The lowest BCUT2D eigenvalue weighted by molar-refractivity contribution is 0.358. The summed E-state index contributed by atoms with van der Waals surface area (Å²) in [6.45, 7) is 6.76. The molecule has 1 unspecified atom stereocenters. The van der Waals surface area contributed by atoms with Gasteiger partial charge in [-0.2, -0.15) is 4.98 Å². The van der Waals surface area contributed by atoms with Crippen LogP contribution in [0.5, 0.6) is 0 Å². The van der Waals surface area contributed by atoms with E-state index in [0.717, 1.165) is 30.8 Å². The number of nitrogens with zero attached hydrogens (tertiary/aromatic N) is 5. The minimum Gasteiger partial charge on any atom is -0.337 e. The topological polar surface area (TPSA) is 95.7 Å². The molecule has 2 N–H and O–H groups in total. The maximum Gasteiger partial charge on any atom is 0.248 e. The van der Waals surface area contributed by atoms with E-state index < -0.39 is 0 Å². The second-order valence-electron chi connectivity index (χ2n) is 5.44. The van der Waals surface area contributed by atoms with Crippen LogP contribution in [0.15, 0.2) is 10.7 Å². The van der Waals surface area contributed by atoms with E-state index in [0.29, 0.717) is 18.4 Å². The molecule has 0 aromatic carbocycles. The van der Waals surface area contributed by atoms with Gasteiger partial charge in [0.05, 0.1) is 17.9 Å². The summed E-state index contributed by atoms with van der Waals surface area (Å²) in [6.07, 6.45) is 4.58. The first-order valence-corrected chi connectivity index (χ1v) is 7.05. The number of hydrogen-bond donors (Lipinski definition) is 1. The van der Waals surface area contributed by atoms with Gasteiger partial charge in [0, 0.05) is 6.42 Å². The molecule has 0 radical (unpaired) electrons. The van der Waals surface area contributed by atoms with E-state index >= 15 is 0 Å². The van der Waals surface area contributed by atoms with Crippen LogP contribution in [0.3, 0.4) is 0 Å². The molecule has 2 aromatic heterocycles. The number of hydrogen-bond acceptors (Lipinski definition) is 6. The molecule has 2 rings (SSSR count). The molecular weight excluding hydrogens is 256 g/mol. The molecule has 0 aliphatic carbocycles. The van der Waals surface area contributed by atoms with Crippen LogP contribution in [-0.2, 0) is 13.0 Å². The van der Waals surface area contributed by atoms with E-state index in [1.54, 1.807) is 4.68 Å². The Morgan fingerprint density at radius 3 is 2.90 bits per heavy atom. The summed E-state index contributed by atoms with van der Waals surface area (Å²) in [5.41, 5.74) is 6.80. The molecule has 1 atom stereocenters. The zero-order chi connectivity index (χ0) is 14.5. The summed E-state index contributed by atoms with van der Waals surface area (Å²) >= 11 is 0. The van der Waals surface area contributed by atoms with Crippen LogP contribution < -0.4 is 5.73 Å². The van der Waals surface area contributed by atoms with Crippen LogP contribution in [0.4, 0.5) is 0 Å². The number of rotatable bonds is 7. The average Bonchev–Trinajstić information content (AvgIpc) is 2.99. The Morgan fingerprint density at radius 2 is 2.20 bits per heavy atom. The predicted molar refractivity (Wildman–Crippen MR) is 73.8 cm³/mol. The SMILES string of the molecule is CCCC(N)c1cn(Cc2nc(CC(C)C)no2)nn1. The van der Waals surface area contributed by atoms with Gasteiger partial charge in [0.25, 0.3) is 0 Å². The van der Waals surface area contributed by atoms with Gasteiger partial charge in [-0.1, -0.05) is 37.6 Å². The smallest absolute Gasteiger partial charge is 0.248 e. The highest BCUT2D eigenvalue weighted by molar-refractivity contribution is 5.00. The molecule has 0 saturated heterocycles. The van der Waals surface area contributed by atoms with Crippen molar-refractivity contribution in [2.24, 2.45) is 11.7 Å². The lowest BCUT2D eigenvalue weighted by atomic mass is 10.1. The molecule has 0 saturated carbocycles. The second-order valence-corrected chi connectivity index (χ2v) is 5.44. The Labute approximate surface area is 118 Å². The van der Waals surface area contributed by atoms with Gasteiger partial charge in [0.2, 0.25) is 5.89 Å². The zero-order valence-electron chi connectivity index (χ0n) is 12.3. The van der Waals surface area contributed by atoms with E-state index in [4.69, 9.17) is 10.3 Å². The molecule has 0 aliphatic heterocycles. The van der Waals surface area contributed by atoms with Crippen molar-refractivity contribution in [1.29, 1.82) is 0 Å². The summed E-state index contributed by atoms with van der Waals surface area (Å²) in [4.78, 5) is 4.34. The van der Waals surface area contributed by atoms with Crippen molar-refractivity contribution in [3.8, 4) is 0 Å². The molecule has 0 spiro atoms. The second kappa shape index (κ2) is 6.60. The zero-order valence-corrected chi connectivity index (χ0v) is 12.3. The molecule has 110 valence electrons. The lowest BCUT2D eigenvalue weighted by Gasteiger charge is -2.04. The first-order valence-electron chi connectivity index (χ1n) is 7.05. The first kappa shape index (κ1) is 14.6. The van der Waals surface area contributed by atoms with Crippen molar-refractivity contribution in [2.45, 2.75) is 52.6 Å². The van der Waals surface area contributed by atoms with Crippen LogP contribution in [0.25, 0.3) is 0 Å². The highest BCUT2D eigenvalue weighted by Crippen LogP contribution is 2.12. The van der Waals surface area contributed by atoms with Gasteiger partial charge in [0.15, 0.2) is 5.82 Å². The first-order chi connectivity index (χ1) is 9.58. The van der Waals surface area contributed by atoms with Gasteiger partial charge in [-0.15, -0.1) is 5.10 Å². The summed E-state index contributed by atoms with van der Waals surface area (Å²) in [5.74, 6) is 1.78. The summed E-state index contributed by atoms with van der Waals surface area (Å²) in [7, 11) is 0. The Kier molecular flexibility index (Phi) is 4.84. The van der Waals surface area contributed by atoms with E-state index in [1.165, 1.54) is 0 Å². The maximum atomic E-state index is 6.00. The van der Waals surface area contributed by atoms with Crippen molar-refractivity contribution in [3.05, 3.63) is 23.6 Å². The fraction of sp³-hybridized carbons (Fsp3) is 0.692. The monoisotopic (exact) mass is 278 g/mol. The lowest BCUT2D eigenvalue weighted by Crippen LogP contribution is -2.10. The van der Waals surface area contributed by atoms with Crippen LogP contribution in [-0.4, -0.2) is 25.1 Å². The van der Waals surface area contributed by atoms with Gasteiger partial charge in [0.1, 0.15) is 6.54 Å². The molecule has 0 amide bonds. The van der Waals surface area contributed by atoms with Crippen LogP contribution >= 0.6 is 0 Å². The van der Waals surface area contributed by atoms with Gasteiger partial charge in [-0.05, 0) is 12.3 Å². The van der Waals surface area contributed by atoms with E-state index in [-0.39, 0.29) is 6.04 Å². The molecule has 0 fully saturated rings. The summed E-state index contributed by atoms with van der Waals surface area (Å²) in [6, 6.07) is -0.0621. The Bertz CT molecular complexity index is 532. The van der Waals surface area contributed by atoms with E-state index in [2.05, 4.69) is 41.2 Å². The van der Waals surface area contributed by atoms with Crippen molar-refractivity contribution < 1.29 is 4.52 Å². The predicted octanol–water partition coefficient (Wildman–Crippen LogP) is 1.71. The maximum absolute atomic E-state index is 6.00. The van der Waals surface area contributed by atoms with E-state index in [9.17, 15) is 0 Å². The van der Waals surface area contributed by atoms with Crippen LogP contribution in [0, 0.1) is 5.92 Å². The standard InChI is InChI=1S/C13H22N6O/c1-4-5-10(14)11-7-19(18-16-11)8-13-15-12(17-20-13)6-9(2)3/h7,9-10H,4-6,8,14H2,1-3H3. The quantitative estimate of drug-likeness (QED) is 0.828. The van der Waals surface area contributed by atoms with E-state index in [1.807, 2.05) is 6.20 Å². The van der Waals surface area contributed by atoms with Crippen LogP contribution in [0.1, 0.15) is 57.1 Å². The normalized spacial score (nSPS) is 13.1. The van der Waals surface area contributed by atoms with Crippen molar-refractivity contribution in [3.63, 3.8) is 0 Å². The summed E-state index contributed by atoms with van der Waals surface area (Å²) in [5, 5.41) is 12.1. The highest BCUT2D eigenvalue weighted by atomic mass is 16.5. The van der Waals surface area contributed by atoms with Crippen molar-refractivity contribution in [1.82, 2.24) is 25.1 Å². The van der Waals surface area contributed by atoms with Crippen LogP contribution in [0.2, 0.25) is 0 Å². The molecule has 0 aliphatic rings. The third-order valence-corrected chi connectivity index (χ3v) is 2.93. The van der Waals surface area contributed by atoms with Crippen molar-refractivity contribution >= 4 is 0 Å². The fourth-order valence-corrected chi connectivity index (χ4v) is 1.96. The molecule has 2 heterocycles. The minimum absolute atomic E-state index is 0.0621. The summed E-state index contributed by atoms with van der Waals surface area (Å²) < 4.78 is 6.88. The molecule has 7 nitrogen and oxygen atoms in total. The molecule has 20 heavy (non-hydrogen) atoms. The highest BCUT2D eigenvalue weighted by Gasteiger charge is 2.12. The third-order valence-electron chi connectivity index (χ3n) is 2.93. The van der Waals surface area contributed by atoms with Gasteiger partial charge in [-0.3, -0.25) is 0 Å². The largest absolute Gasteiger partial charge is 0.337 e. The van der Waals surface area contributed by atoms with Gasteiger partial charge in [-0.25, -0.2) is 4.68 Å². The van der Waals surface area contributed by atoms with Gasteiger partial charge >= 0.3 is 0 Å². The molecule has 0 bridgehead atoms.